The van der Waals surface area contributed by atoms with Crippen molar-refractivity contribution in [3.05, 3.63) is 54.0 Å². The van der Waals surface area contributed by atoms with Crippen LogP contribution in [-0.2, 0) is 4.79 Å². The van der Waals surface area contributed by atoms with E-state index in [2.05, 4.69) is 0 Å². The predicted octanol–water partition coefficient (Wildman–Crippen LogP) is 2.24. The van der Waals surface area contributed by atoms with Crippen molar-refractivity contribution in [3.63, 3.8) is 0 Å². The number of carbonyl (C=O) groups is 3. The highest BCUT2D eigenvalue weighted by Gasteiger charge is 2.26. The summed E-state index contributed by atoms with van der Waals surface area (Å²) in [6.07, 6.45) is 1.77. The third-order valence-electron chi connectivity index (χ3n) is 4.61. The van der Waals surface area contributed by atoms with Crippen molar-refractivity contribution in [2.45, 2.75) is 12.8 Å². The molecule has 0 bridgehead atoms. The van der Waals surface area contributed by atoms with Crippen LogP contribution in [0.25, 0.3) is 0 Å². The Bertz CT molecular complexity index is 808. The summed E-state index contributed by atoms with van der Waals surface area (Å²) in [4.78, 5) is 40.3. The van der Waals surface area contributed by atoms with Crippen LogP contribution in [0, 0.1) is 0 Å². The van der Waals surface area contributed by atoms with Gasteiger partial charge in [-0.1, -0.05) is 12.1 Å². The molecule has 3 rings (SSSR count). The molecule has 1 saturated heterocycles. The summed E-state index contributed by atoms with van der Waals surface area (Å²) < 4.78 is 10.2. The van der Waals surface area contributed by atoms with Crippen LogP contribution in [0.2, 0.25) is 0 Å². The predicted molar refractivity (Wildman–Crippen MR) is 97.8 cm³/mol. The van der Waals surface area contributed by atoms with Gasteiger partial charge in [0.05, 0.1) is 13.4 Å². The number of benzene rings is 1. The highest BCUT2D eigenvalue weighted by molar-refractivity contribution is 5.98. The summed E-state index contributed by atoms with van der Waals surface area (Å²) in [5.74, 6) is 0.591. The Morgan fingerprint density at radius 2 is 1.74 bits per heavy atom. The molecule has 0 unspecified atom stereocenters. The third kappa shape index (κ3) is 4.55. The number of carbonyl (C=O) groups excluding carboxylic acids is 3. The van der Waals surface area contributed by atoms with Crippen LogP contribution in [-0.4, -0.2) is 60.7 Å². The molecular formula is C20H22N2O5. The Morgan fingerprint density at radius 1 is 1.00 bits per heavy atom. The fourth-order valence-electron chi connectivity index (χ4n) is 3.03. The normalized spacial score (nSPS) is 14.1. The van der Waals surface area contributed by atoms with Crippen molar-refractivity contribution in [3.8, 4) is 5.75 Å². The van der Waals surface area contributed by atoms with Gasteiger partial charge in [0.1, 0.15) is 5.75 Å². The van der Waals surface area contributed by atoms with E-state index in [1.54, 1.807) is 53.3 Å². The van der Waals surface area contributed by atoms with Gasteiger partial charge in [-0.05, 0) is 24.3 Å². The first-order valence-electron chi connectivity index (χ1n) is 8.86. The van der Waals surface area contributed by atoms with Crippen molar-refractivity contribution in [1.82, 2.24) is 9.80 Å². The number of hydrogen-bond donors (Lipinski definition) is 0. The number of ether oxygens (including phenoxy) is 1. The van der Waals surface area contributed by atoms with Crippen molar-refractivity contribution in [1.29, 1.82) is 0 Å². The van der Waals surface area contributed by atoms with Crippen LogP contribution < -0.4 is 4.74 Å². The standard InChI is InChI=1S/C20H22N2O5/c1-26-16-5-2-4-15(14-16)17(23)7-8-19(24)21-9-11-22(12-10-21)20(25)18-6-3-13-27-18/h2-6,13-14H,7-12H2,1H3. The van der Waals surface area contributed by atoms with Gasteiger partial charge in [0.2, 0.25) is 5.91 Å². The van der Waals surface area contributed by atoms with Crippen molar-refractivity contribution in [2.75, 3.05) is 33.3 Å². The zero-order valence-corrected chi connectivity index (χ0v) is 15.2. The number of Topliss-reactive ketones (excluding diaryl/α,β-unsaturated/α-hetero) is 1. The molecule has 142 valence electrons. The maximum Gasteiger partial charge on any atom is 0.289 e. The molecule has 1 aliphatic rings. The van der Waals surface area contributed by atoms with Gasteiger partial charge in [0.25, 0.3) is 5.91 Å². The number of ketones is 1. The number of amides is 2. The summed E-state index contributed by atoms with van der Waals surface area (Å²) in [5.41, 5.74) is 0.538. The summed E-state index contributed by atoms with van der Waals surface area (Å²) in [6, 6.07) is 10.2. The lowest BCUT2D eigenvalue weighted by Gasteiger charge is -2.34. The molecule has 1 aromatic heterocycles. The molecule has 0 atom stereocenters. The quantitative estimate of drug-likeness (QED) is 0.729. The SMILES string of the molecule is COc1cccc(C(=O)CCC(=O)N2CCN(C(=O)c3ccco3)CC2)c1. The van der Waals surface area contributed by atoms with E-state index in [4.69, 9.17) is 9.15 Å². The van der Waals surface area contributed by atoms with Crippen LogP contribution in [0.4, 0.5) is 0 Å². The van der Waals surface area contributed by atoms with Gasteiger partial charge in [-0.2, -0.15) is 0 Å². The third-order valence-corrected chi connectivity index (χ3v) is 4.61. The van der Waals surface area contributed by atoms with E-state index < -0.39 is 0 Å². The smallest absolute Gasteiger partial charge is 0.289 e. The molecule has 27 heavy (non-hydrogen) atoms. The molecule has 1 fully saturated rings. The molecule has 2 amide bonds. The van der Waals surface area contributed by atoms with Gasteiger partial charge in [-0.3, -0.25) is 14.4 Å². The number of piperazine rings is 1. The fourth-order valence-corrected chi connectivity index (χ4v) is 3.03. The summed E-state index contributed by atoms with van der Waals surface area (Å²) in [6.45, 7) is 1.82. The largest absolute Gasteiger partial charge is 0.497 e. The van der Waals surface area contributed by atoms with Gasteiger partial charge < -0.3 is 19.0 Å². The Balaban J connectivity index is 1.46. The van der Waals surface area contributed by atoms with E-state index in [1.165, 1.54) is 6.26 Å². The van der Waals surface area contributed by atoms with Crippen molar-refractivity contribution >= 4 is 17.6 Å². The second-order valence-corrected chi connectivity index (χ2v) is 6.31. The molecule has 0 spiro atoms. The summed E-state index contributed by atoms with van der Waals surface area (Å²) in [7, 11) is 1.55. The van der Waals surface area contributed by atoms with Gasteiger partial charge in [0, 0.05) is 44.6 Å². The van der Waals surface area contributed by atoms with E-state index >= 15 is 0 Å². The lowest BCUT2D eigenvalue weighted by atomic mass is 10.1. The van der Waals surface area contributed by atoms with Gasteiger partial charge in [-0.15, -0.1) is 0 Å². The minimum Gasteiger partial charge on any atom is -0.497 e. The van der Waals surface area contributed by atoms with Gasteiger partial charge in [0.15, 0.2) is 11.5 Å². The van der Waals surface area contributed by atoms with Crippen LogP contribution >= 0.6 is 0 Å². The molecule has 7 nitrogen and oxygen atoms in total. The average molecular weight is 370 g/mol. The fraction of sp³-hybridized carbons (Fsp3) is 0.350. The molecule has 7 heteroatoms. The van der Waals surface area contributed by atoms with E-state index in [9.17, 15) is 14.4 Å². The van der Waals surface area contributed by atoms with Crippen molar-refractivity contribution in [2.24, 2.45) is 0 Å². The number of nitrogens with zero attached hydrogens (tertiary/aromatic N) is 2. The molecular weight excluding hydrogens is 348 g/mol. The van der Waals surface area contributed by atoms with E-state index in [0.29, 0.717) is 43.3 Å². The van der Waals surface area contributed by atoms with Crippen LogP contribution in [0.1, 0.15) is 33.8 Å². The van der Waals surface area contributed by atoms with Crippen LogP contribution in [0.3, 0.4) is 0 Å². The van der Waals surface area contributed by atoms with E-state index in [0.717, 1.165) is 0 Å². The van der Waals surface area contributed by atoms with Crippen LogP contribution in [0.5, 0.6) is 5.75 Å². The number of methoxy groups -OCH3 is 1. The first-order valence-corrected chi connectivity index (χ1v) is 8.86. The summed E-state index contributed by atoms with van der Waals surface area (Å²) in [5, 5.41) is 0. The second-order valence-electron chi connectivity index (χ2n) is 6.31. The molecule has 1 aromatic carbocycles. The Labute approximate surface area is 157 Å². The Hall–Kier alpha value is -3.09. The molecule has 0 N–H and O–H groups in total. The molecule has 2 heterocycles. The number of rotatable bonds is 6. The molecule has 0 saturated carbocycles. The zero-order valence-electron chi connectivity index (χ0n) is 15.2. The average Bonchev–Trinajstić information content (AvgIpc) is 3.26. The molecule has 0 aliphatic carbocycles. The van der Waals surface area contributed by atoms with E-state index in [1.807, 2.05) is 0 Å². The Kier molecular flexibility index (Phi) is 5.90. The number of hydrogen-bond acceptors (Lipinski definition) is 5. The summed E-state index contributed by atoms with van der Waals surface area (Å²) >= 11 is 0. The topological polar surface area (TPSA) is 80.1 Å². The first kappa shape index (κ1) is 18.7. The minimum absolute atomic E-state index is 0.0728. The second kappa shape index (κ2) is 8.53. The molecule has 2 aromatic rings. The number of furan rings is 1. The Morgan fingerprint density at radius 3 is 2.41 bits per heavy atom. The van der Waals surface area contributed by atoms with Crippen LogP contribution in [0.15, 0.2) is 47.1 Å². The zero-order chi connectivity index (χ0) is 19.2. The monoisotopic (exact) mass is 370 g/mol. The van der Waals surface area contributed by atoms with Gasteiger partial charge in [-0.25, -0.2) is 0 Å². The minimum atomic E-state index is -0.166. The lowest BCUT2D eigenvalue weighted by Crippen LogP contribution is -2.50. The lowest BCUT2D eigenvalue weighted by molar-refractivity contribution is -0.132. The van der Waals surface area contributed by atoms with Crippen molar-refractivity contribution < 1.29 is 23.5 Å². The van der Waals surface area contributed by atoms with E-state index in [-0.39, 0.29) is 30.4 Å². The first-order chi connectivity index (χ1) is 13.1. The van der Waals surface area contributed by atoms with Gasteiger partial charge >= 0.3 is 0 Å². The maximum absolute atomic E-state index is 12.4. The maximum atomic E-state index is 12.4. The molecule has 1 aliphatic heterocycles. The highest BCUT2D eigenvalue weighted by atomic mass is 16.5. The highest BCUT2D eigenvalue weighted by Crippen LogP contribution is 2.16. The molecule has 0 radical (unpaired) electrons.